The van der Waals surface area contributed by atoms with E-state index in [0.29, 0.717) is 6.04 Å². The lowest BCUT2D eigenvalue weighted by Gasteiger charge is -2.40. The summed E-state index contributed by atoms with van der Waals surface area (Å²) in [5.41, 5.74) is 7.04. The summed E-state index contributed by atoms with van der Waals surface area (Å²) in [6.07, 6.45) is 5.00. The van der Waals surface area contributed by atoms with Crippen LogP contribution < -0.4 is 15.4 Å². The van der Waals surface area contributed by atoms with Crippen molar-refractivity contribution >= 4 is 5.69 Å². The number of ether oxygens (including phenoxy) is 1. The molecule has 0 heterocycles. The predicted molar refractivity (Wildman–Crippen MR) is 90.0 cm³/mol. The summed E-state index contributed by atoms with van der Waals surface area (Å²) in [5, 5.41) is 0. The Kier molecular flexibility index (Phi) is 5.92. The van der Waals surface area contributed by atoms with E-state index in [0.717, 1.165) is 37.1 Å². The van der Waals surface area contributed by atoms with Crippen LogP contribution in [-0.4, -0.2) is 26.2 Å². The van der Waals surface area contributed by atoms with Crippen molar-refractivity contribution in [3.05, 3.63) is 24.3 Å². The molecule has 2 atom stereocenters. The fraction of sp³-hybridized carbons (Fsp3) is 0.667. The number of nitrogens with zero attached hydrogens (tertiary/aromatic N) is 1. The second-order valence-corrected chi connectivity index (χ2v) is 6.60. The van der Waals surface area contributed by atoms with Crippen molar-refractivity contribution < 1.29 is 4.74 Å². The summed E-state index contributed by atoms with van der Waals surface area (Å²) in [4.78, 5) is 2.57. The highest BCUT2D eigenvalue weighted by Crippen LogP contribution is 2.34. The first-order chi connectivity index (χ1) is 10.1. The molecule has 1 aromatic carbocycles. The van der Waals surface area contributed by atoms with Crippen LogP contribution >= 0.6 is 0 Å². The van der Waals surface area contributed by atoms with E-state index in [1.807, 2.05) is 0 Å². The van der Waals surface area contributed by atoms with Gasteiger partial charge in [0, 0.05) is 18.3 Å². The Morgan fingerprint density at radius 1 is 1.10 bits per heavy atom. The Labute approximate surface area is 129 Å². The van der Waals surface area contributed by atoms with Gasteiger partial charge in [-0.2, -0.15) is 0 Å². The molecule has 2 rings (SSSR count). The van der Waals surface area contributed by atoms with E-state index in [-0.39, 0.29) is 0 Å². The van der Waals surface area contributed by atoms with E-state index in [9.17, 15) is 0 Å². The van der Waals surface area contributed by atoms with E-state index in [1.54, 1.807) is 7.11 Å². The topological polar surface area (TPSA) is 38.5 Å². The van der Waals surface area contributed by atoms with Crippen molar-refractivity contribution in [2.24, 2.45) is 17.6 Å². The zero-order valence-corrected chi connectivity index (χ0v) is 13.7. The summed E-state index contributed by atoms with van der Waals surface area (Å²) in [6.45, 7) is 6.58. The van der Waals surface area contributed by atoms with Crippen LogP contribution in [0.3, 0.4) is 0 Å². The van der Waals surface area contributed by atoms with Gasteiger partial charge < -0.3 is 15.4 Å². The van der Waals surface area contributed by atoms with Crippen LogP contribution in [0.25, 0.3) is 0 Å². The number of benzene rings is 1. The maximum atomic E-state index is 5.74. The van der Waals surface area contributed by atoms with Crippen molar-refractivity contribution in [1.82, 2.24) is 0 Å². The summed E-state index contributed by atoms with van der Waals surface area (Å²) >= 11 is 0. The fourth-order valence-corrected chi connectivity index (χ4v) is 3.72. The lowest BCUT2D eigenvalue weighted by atomic mass is 9.79. The minimum Gasteiger partial charge on any atom is -0.497 e. The smallest absolute Gasteiger partial charge is 0.119 e. The van der Waals surface area contributed by atoms with Crippen molar-refractivity contribution in [2.75, 3.05) is 25.1 Å². The largest absolute Gasteiger partial charge is 0.497 e. The van der Waals surface area contributed by atoms with Crippen LogP contribution in [0.1, 0.15) is 39.5 Å². The third-order valence-corrected chi connectivity index (χ3v) is 4.60. The van der Waals surface area contributed by atoms with Crippen molar-refractivity contribution in [1.29, 1.82) is 0 Å². The number of hydrogen-bond acceptors (Lipinski definition) is 3. The summed E-state index contributed by atoms with van der Waals surface area (Å²) < 4.78 is 5.27. The maximum Gasteiger partial charge on any atom is 0.119 e. The third-order valence-electron chi connectivity index (χ3n) is 4.60. The van der Waals surface area contributed by atoms with Crippen LogP contribution in [0, 0.1) is 11.8 Å². The van der Waals surface area contributed by atoms with E-state index in [2.05, 4.69) is 43.0 Å². The second kappa shape index (κ2) is 7.69. The molecule has 0 aliphatic heterocycles. The van der Waals surface area contributed by atoms with Gasteiger partial charge >= 0.3 is 0 Å². The van der Waals surface area contributed by atoms with Gasteiger partial charge in [-0.15, -0.1) is 0 Å². The first-order valence-corrected chi connectivity index (χ1v) is 8.24. The van der Waals surface area contributed by atoms with Gasteiger partial charge in [0.05, 0.1) is 7.11 Å². The molecule has 1 aromatic rings. The molecular weight excluding hydrogens is 260 g/mol. The number of nitrogens with two attached hydrogens (primary N) is 1. The highest BCUT2D eigenvalue weighted by atomic mass is 16.5. The lowest BCUT2D eigenvalue weighted by Crippen LogP contribution is -2.41. The molecule has 1 fully saturated rings. The molecule has 0 aromatic heterocycles. The Hall–Kier alpha value is -1.22. The van der Waals surface area contributed by atoms with Gasteiger partial charge in [0.1, 0.15) is 5.75 Å². The Bertz CT molecular complexity index is 408. The molecule has 2 N–H and O–H groups in total. The summed E-state index contributed by atoms with van der Waals surface area (Å²) in [7, 11) is 1.71. The van der Waals surface area contributed by atoms with E-state index in [4.69, 9.17) is 10.5 Å². The second-order valence-electron chi connectivity index (χ2n) is 6.60. The molecule has 21 heavy (non-hydrogen) atoms. The predicted octanol–water partition coefficient (Wildman–Crippen LogP) is 3.68. The third kappa shape index (κ3) is 4.37. The number of rotatable bonds is 6. The van der Waals surface area contributed by atoms with Crippen molar-refractivity contribution in [2.45, 2.75) is 45.6 Å². The summed E-state index contributed by atoms with van der Waals surface area (Å²) in [5.74, 6) is 2.55. The zero-order chi connectivity index (χ0) is 15.2. The monoisotopic (exact) mass is 290 g/mol. The molecule has 1 aliphatic rings. The highest BCUT2D eigenvalue weighted by molar-refractivity contribution is 5.50. The zero-order valence-electron chi connectivity index (χ0n) is 13.7. The van der Waals surface area contributed by atoms with Crippen LogP contribution in [0.15, 0.2) is 24.3 Å². The molecule has 1 saturated carbocycles. The highest BCUT2D eigenvalue weighted by Gasteiger charge is 2.28. The lowest BCUT2D eigenvalue weighted by molar-refractivity contribution is 0.259. The number of anilines is 1. The van der Waals surface area contributed by atoms with Gasteiger partial charge in [-0.05, 0) is 68.3 Å². The van der Waals surface area contributed by atoms with Crippen LogP contribution in [0.4, 0.5) is 5.69 Å². The van der Waals surface area contributed by atoms with Crippen LogP contribution in [0.5, 0.6) is 5.75 Å². The van der Waals surface area contributed by atoms with E-state index in [1.165, 1.54) is 24.9 Å². The average Bonchev–Trinajstić information content (AvgIpc) is 2.47. The molecule has 0 spiro atoms. The van der Waals surface area contributed by atoms with Gasteiger partial charge in [0.25, 0.3) is 0 Å². The molecule has 3 heteroatoms. The minimum atomic E-state index is 0.642. The van der Waals surface area contributed by atoms with Gasteiger partial charge in [-0.3, -0.25) is 0 Å². The van der Waals surface area contributed by atoms with Gasteiger partial charge in [0.2, 0.25) is 0 Å². The molecular formula is C18H30N2O. The van der Waals surface area contributed by atoms with Crippen molar-refractivity contribution in [3.63, 3.8) is 0 Å². The molecule has 118 valence electrons. The Morgan fingerprint density at radius 3 is 2.24 bits per heavy atom. The molecule has 2 unspecified atom stereocenters. The molecule has 0 radical (unpaired) electrons. The van der Waals surface area contributed by atoms with Gasteiger partial charge in [0.15, 0.2) is 0 Å². The summed E-state index contributed by atoms with van der Waals surface area (Å²) in [6, 6.07) is 9.11. The Morgan fingerprint density at radius 2 is 1.71 bits per heavy atom. The number of methoxy groups -OCH3 is 1. The average molecular weight is 290 g/mol. The fourth-order valence-electron chi connectivity index (χ4n) is 3.72. The first kappa shape index (κ1) is 16.2. The minimum absolute atomic E-state index is 0.642. The molecule has 1 aliphatic carbocycles. The molecule has 0 saturated heterocycles. The SMILES string of the molecule is COc1ccc(N(CCCN)C2CC(C)CC(C)C2)cc1. The molecule has 0 bridgehead atoms. The standard InChI is InChI=1S/C18H30N2O/c1-14-11-15(2)13-17(12-14)20(10-4-9-19)16-5-7-18(21-3)8-6-16/h5-8,14-15,17H,4,9-13,19H2,1-3H3. The van der Waals surface area contributed by atoms with Crippen molar-refractivity contribution in [3.8, 4) is 5.75 Å². The Balaban J connectivity index is 2.15. The molecule has 0 amide bonds. The van der Waals surface area contributed by atoms with Gasteiger partial charge in [-0.25, -0.2) is 0 Å². The first-order valence-electron chi connectivity index (χ1n) is 8.24. The van der Waals surface area contributed by atoms with Crippen LogP contribution in [-0.2, 0) is 0 Å². The maximum absolute atomic E-state index is 5.74. The quantitative estimate of drug-likeness (QED) is 0.868. The molecule has 3 nitrogen and oxygen atoms in total. The normalized spacial score (nSPS) is 25.6. The van der Waals surface area contributed by atoms with E-state index >= 15 is 0 Å². The number of hydrogen-bond donors (Lipinski definition) is 1. The van der Waals surface area contributed by atoms with Crippen LogP contribution in [0.2, 0.25) is 0 Å². The van der Waals surface area contributed by atoms with E-state index < -0.39 is 0 Å². The van der Waals surface area contributed by atoms with Gasteiger partial charge in [-0.1, -0.05) is 13.8 Å².